The fourth-order valence-electron chi connectivity index (χ4n) is 2.85. The molecule has 1 aromatic heterocycles. The van der Waals surface area contributed by atoms with Crippen molar-refractivity contribution in [2.45, 2.75) is 19.4 Å². The lowest BCUT2D eigenvalue weighted by molar-refractivity contribution is 0.370. The predicted octanol–water partition coefficient (Wildman–Crippen LogP) is 3.00. The van der Waals surface area contributed by atoms with Gasteiger partial charge in [-0.15, -0.1) is 0 Å². The number of rotatable bonds is 7. The summed E-state index contributed by atoms with van der Waals surface area (Å²) in [6.45, 7) is 3.27. The number of halogens is 1. The van der Waals surface area contributed by atoms with E-state index in [0.717, 1.165) is 11.1 Å². The van der Waals surface area contributed by atoms with E-state index in [2.05, 4.69) is 15.5 Å². The van der Waals surface area contributed by atoms with Crippen molar-refractivity contribution >= 4 is 5.96 Å². The average molecular weight is 381 g/mol. The van der Waals surface area contributed by atoms with Crippen LogP contribution in [-0.4, -0.2) is 24.2 Å². The Morgan fingerprint density at radius 3 is 2.71 bits per heavy atom. The topological polar surface area (TPSA) is 102 Å². The highest BCUT2D eigenvalue weighted by Crippen LogP contribution is 2.29. The van der Waals surface area contributed by atoms with Gasteiger partial charge in [-0.05, 0) is 17.2 Å². The van der Waals surface area contributed by atoms with Gasteiger partial charge in [0.05, 0.1) is 6.54 Å². The number of aliphatic imine (C=N–C) groups is 1. The number of nitrogens with zero attached hydrogens (tertiary/aromatic N) is 2. The summed E-state index contributed by atoms with van der Waals surface area (Å²) in [6, 6.07) is 16.5. The first-order chi connectivity index (χ1) is 13.6. The molecule has 0 radical (unpaired) electrons. The molecule has 28 heavy (non-hydrogen) atoms. The molecule has 0 bridgehead atoms. The van der Waals surface area contributed by atoms with E-state index in [9.17, 15) is 4.39 Å². The number of guanidine groups is 1. The highest BCUT2D eigenvalue weighted by molar-refractivity contribution is 5.77. The van der Waals surface area contributed by atoms with Crippen LogP contribution in [-0.2, 0) is 6.54 Å². The summed E-state index contributed by atoms with van der Waals surface area (Å²) in [7, 11) is 0. The lowest BCUT2D eigenvalue weighted by Crippen LogP contribution is -2.35. The first-order valence-electron chi connectivity index (χ1n) is 9.12. The molecule has 5 N–H and O–H groups in total. The van der Waals surface area contributed by atoms with Crippen molar-refractivity contribution in [1.29, 1.82) is 0 Å². The molecule has 1 heterocycles. The summed E-state index contributed by atoms with van der Waals surface area (Å²) in [5.41, 5.74) is 14.0. The molecular weight excluding hydrogens is 357 g/mol. The summed E-state index contributed by atoms with van der Waals surface area (Å²) in [5, 5.41) is 6.90. The second kappa shape index (κ2) is 9.14. The van der Waals surface area contributed by atoms with Crippen LogP contribution in [0.15, 0.2) is 64.1 Å². The van der Waals surface area contributed by atoms with Gasteiger partial charge in [-0.3, -0.25) is 0 Å². The third kappa shape index (κ3) is 4.75. The molecule has 3 aromatic rings. The van der Waals surface area contributed by atoms with Crippen molar-refractivity contribution in [3.8, 4) is 11.1 Å². The largest absolute Gasteiger partial charge is 0.370 e. The molecule has 6 nitrogen and oxygen atoms in total. The Morgan fingerprint density at radius 2 is 2.00 bits per heavy atom. The van der Waals surface area contributed by atoms with Gasteiger partial charge in [-0.1, -0.05) is 54.5 Å². The number of hydrogen-bond acceptors (Lipinski definition) is 4. The van der Waals surface area contributed by atoms with Crippen LogP contribution < -0.4 is 16.8 Å². The molecule has 0 aliphatic rings. The first-order valence-corrected chi connectivity index (χ1v) is 9.12. The minimum absolute atomic E-state index is 0.141. The van der Waals surface area contributed by atoms with Gasteiger partial charge in [-0.25, -0.2) is 9.38 Å². The maximum atomic E-state index is 14.6. The Balaban J connectivity index is 1.71. The van der Waals surface area contributed by atoms with Gasteiger partial charge in [-0.2, -0.15) is 0 Å². The summed E-state index contributed by atoms with van der Waals surface area (Å²) < 4.78 is 20.1. The van der Waals surface area contributed by atoms with Crippen LogP contribution in [0, 0.1) is 5.82 Å². The van der Waals surface area contributed by atoms with Crippen LogP contribution in [0.4, 0.5) is 4.39 Å². The van der Waals surface area contributed by atoms with Crippen LogP contribution in [0.2, 0.25) is 0 Å². The number of nitrogens with two attached hydrogens (primary N) is 2. The number of benzene rings is 2. The van der Waals surface area contributed by atoms with Crippen molar-refractivity contribution in [2.24, 2.45) is 16.5 Å². The molecule has 0 saturated carbocycles. The van der Waals surface area contributed by atoms with E-state index < -0.39 is 0 Å². The van der Waals surface area contributed by atoms with Gasteiger partial charge in [0, 0.05) is 30.6 Å². The minimum Gasteiger partial charge on any atom is -0.370 e. The monoisotopic (exact) mass is 381 g/mol. The zero-order valence-electron chi connectivity index (χ0n) is 15.7. The predicted molar refractivity (Wildman–Crippen MR) is 108 cm³/mol. The maximum Gasteiger partial charge on any atom is 0.189 e. The highest BCUT2D eigenvalue weighted by Gasteiger charge is 2.16. The zero-order chi connectivity index (χ0) is 19.9. The van der Waals surface area contributed by atoms with Gasteiger partial charge < -0.3 is 21.3 Å². The van der Waals surface area contributed by atoms with Gasteiger partial charge >= 0.3 is 0 Å². The molecule has 146 valence electrons. The molecule has 0 spiro atoms. The molecular formula is C21H24FN5O. The average Bonchev–Trinajstić information content (AvgIpc) is 3.19. The van der Waals surface area contributed by atoms with Crippen LogP contribution in [0.1, 0.15) is 29.9 Å². The second-order valence-corrected chi connectivity index (χ2v) is 6.46. The smallest absolute Gasteiger partial charge is 0.189 e. The van der Waals surface area contributed by atoms with E-state index in [-0.39, 0.29) is 11.7 Å². The molecule has 7 heteroatoms. The van der Waals surface area contributed by atoms with Gasteiger partial charge in [0.2, 0.25) is 0 Å². The van der Waals surface area contributed by atoms with Crippen LogP contribution in [0.3, 0.4) is 0 Å². The molecule has 1 unspecified atom stereocenters. The number of nitrogens with one attached hydrogen (secondary N) is 1. The highest BCUT2D eigenvalue weighted by atomic mass is 19.1. The fourth-order valence-corrected chi connectivity index (χ4v) is 2.85. The Morgan fingerprint density at radius 1 is 1.21 bits per heavy atom. The standard InChI is InChI=1S/C21H24FN5O/c1-14(20-12-17(27-28-20)13-26-21(24)25-10-9-23)16-7-8-18(19(22)11-16)15-5-3-2-4-6-15/h2-8,11-12,14H,9-10,13,23H2,1H3,(H3,24,25,26). The van der Waals surface area contributed by atoms with Crippen molar-refractivity contribution in [1.82, 2.24) is 10.5 Å². The SMILES string of the molecule is CC(c1ccc(-c2ccccc2)c(F)c1)c1cc(CN=C(N)NCCN)no1. The third-order valence-corrected chi connectivity index (χ3v) is 4.44. The van der Waals surface area contributed by atoms with E-state index in [0.29, 0.717) is 42.6 Å². The lowest BCUT2D eigenvalue weighted by atomic mass is 9.95. The van der Waals surface area contributed by atoms with Crippen molar-refractivity contribution in [3.63, 3.8) is 0 Å². The van der Waals surface area contributed by atoms with Crippen molar-refractivity contribution in [3.05, 3.63) is 77.4 Å². The van der Waals surface area contributed by atoms with E-state index in [1.54, 1.807) is 12.1 Å². The van der Waals surface area contributed by atoms with E-state index in [4.69, 9.17) is 16.0 Å². The van der Waals surface area contributed by atoms with Gasteiger partial charge in [0.1, 0.15) is 17.3 Å². The first kappa shape index (κ1) is 19.6. The summed E-state index contributed by atoms with van der Waals surface area (Å²) in [4.78, 5) is 4.18. The van der Waals surface area contributed by atoms with E-state index in [1.165, 1.54) is 0 Å². The molecule has 1 atom stereocenters. The number of hydrogen-bond donors (Lipinski definition) is 3. The quantitative estimate of drug-likeness (QED) is 0.431. The Bertz CT molecular complexity index is 939. The van der Waals surface area contributed by atoms with Gasteiger partial charge in [0.25, 0.3) is 0 Å². The Labute approximate surface area is 163 Å². The van der Waals surface area contributed by atoms with Crippen molar-refractivity contribution < 1.29 is 8.91 Å². The number of aromatic nitrogens is 1. The summed E-state index contributed by atoms with van der Waals surface area (Å²) in [5.74, 6) is 0.545. The van der Waals surface area contributed by atoms with Crippen molar-refractivity contribution in [2.75, 3.05) is 13.1 Å². The minimum atomic E-state index is -0.265. The molecule has 0 amide bonds. The zero-order valence-corrected chi connectivity index (χ0v) is 15.7. The Hall–Kier alpha value is -3.19. The molecule has 0 aliphatic carbocycles. The molecule has 3 rings (SSSR count). The van der Waals surface area contributed by atoms with Crippen LogP contribution in [0.25, 0.3) is 11.1 Å². The van der Waals surface area contributed by atoms with Crippen LogP contribution in [0.5, 0.6) is 0 Å². The Kier molecular flexibility index (Phi) is 6.39. The normalized spacial score (nSPS) is 12.8. The van der Waals surface area contributed by atoms with Crippen LogP contribution >= 0.6 is 0 Å². The second-order valence-electron chi connectivity index (χ2n) is 6.46. The molecule has 2 aromatic carbocycles. The van der Waals surface area contributed by atoms with Gasteiger partial charge in [0.15, 0.2) is 5.96 Å². The molecule has 0 aliphatic heterocycles. The molecule has 0 fully saturated rings. The maximum absolute atomic E-state index is 14.6. The van der Waals surface area contributed by atoms with E-state index >= 15 is 0 Å². The fraction of sp³-hybridized carbons (Fsp3) is 0.238. The van der Waals surface area contributed by atoms with E-state index in [1.807, 2.05) is 49.4 Å². The summed E-state index contributed by atoms with van der Waals surface area (Å²) in [6.07, 6.45) is 0. The molecule has 0 saturated heterocycles. The summed E-state index contributed by atoms with van der Waals surface area (Å²) >= 11 is 0. The third-order valence-electron chi connectivity index (χ3n) is 4.44. The lowest BCUT2D eigenvalue weighted by Gasteiger charge is -2.10.